The zero-order valence-electron chi connectivity index (χ0n) is 27.9. The second kappa shape index (κ2) is 28.2. The Morgan fingerprint density at radius 2 is 0.558 bits per heavy atom. The first-order chi connectivity index (χ1) is 25.8. The van der Waals surface area contributed by atoms with E-state index in [0.717, 1.165) is 12.3 Å². The van der Waals surface area contributed by atoms with Crippen LogP contribution in [0.1, 0.15) is 11.1 Å². The fourth-order valence-electron chi connectivity index (χ4n) is 5.34. The molecular weight excluding hydrogens is 738 g/mol. The van der Waals surface area contributed by atoms with E-state index in [9.17, 15) is 0 Å². The molecule has 6 aromatic carbocycles. The van der Waals surface area contributed by atoms with Gasteiger partial charge >= 0.3 is 319 Å². The molecule has 5 nitrogen and oxygen atoms in total. The summed E-state index contributed by atoms with van der Waals surface area (Å²) in [6.45, 7) is 21.4. The van der Waals surface area contributed by atoms with E-state index in [1.807, 2.05) is 0 Å². The summed E-state index contributed by atoms with van der Waals surface area (Å²) in [5.41, 5.74) is 2.93. The van der Waals surface area contributed by atoms with Crippen molar-refractivity contribution in [2.24, 2.45) is 0 Å². The summed E-state index contributed by atoms with van der Waals surface area (Å²) in [4.78, 5) is 0. The quantitative estimate of drug-likeness (QED) is 0.0666. The zero-order valence-corrected chi connectivity index (χ0v) is 32.0. The molecule has 0 N–H and O–H groups in total. The Bertz CT molecular complexity index is 1760. The summed E-state index contributed by atoms with van der Waals surface area (Å²) in [6, 6.07) is 62.6. The van der Waals surface area contributed by atoms with Crippen LogP contribution in [0.15, 0.2) is 170 Å². The SMILES string of the molecule is [C-]#[O+].[C-]#[O+].[C-]#[O+].[C-]#[O+].[C-]#[O+].[Cr]=[Si](c1ccccc1CP(c1ccccc1)c1ccccc1)c1ccccc1CP(c1ccccc1)c1ccccc1. The Balaban J connectivity index is 0.00000125. The van der Waals surface area contributed by atoms with E-state index in [1.54, 1.807) is 0 Å². The number of rotatable bonds is 10. The summed E-state index contributed by atoms with van der Waals surface area (Å²) in [5, 5.41) is 8.69. The topological polar surface area (TPSA) is 99.5 Å². The first kappa shape index (κ1) is 45.7. The van der Waals surface area contributed by atoms with Crippen LogP contribution < -0.4 is 31.6 Å². The molecule has 6 rings (SSSR count). The zero-order chi connectivity index (χ0) is 38.6. The Labute approximate surface area is 317 Å². The van der Waals surface area contributed by atoms with Crippen molar-refractivity contribution in [3.63, 3.8) is 0 Å². The third kappa shape index (κ3) is 13.6. The molecule has 254 valence electrons. The monoisotopic (exact) mass is 770 g/mol. The molecule has 0 saturated carbocycles. The molecule has 0 heterocycles. The Morgan fingerprint density at radius 3 is 0.808 bits per heavy atom. The summed E-state index contributed by atoms with van der Waals surface area (Å²) >= 11 is 3.71. The van der Waals surface area contributed by atoms with Crippen molar-refractivity contribution in [1.29, 1.82) is 0 Å². The fourth-order valence-corrected chi connectivity index (χ4v) is 13.9. The van der Waals surface area contributed by atoms with E-state index < -0.39 is 22.7 Å². The summed E-state index contributed by atoms with van der Waals surface area (Å²) in [6.07, 6.45) is 2.08. The van der Waals surface area contributed by atoms with E-state index in [4.69, 9.17) is 23.3 Å². The van der Waals surface area contributed by atoms with Gasteiger partial charge in [-0.2, -0.15) is 0 Å². The first-order valence-electron chi connectivity index (χ1n) is 15.3. The maximum absolute atomic E-state index is 7.50. The minimum absolute atomic E-state index is 0.514. The second-order valence-electron chi connectivity index (χ2n) is 10.2. The molecule has 6 aromatic rings. The molecule has 0 saturated heterocycles. The predicted octanol–water partition coefficient (Wildman–Crippen LogP) is 6.42. The minimum atomic E-state index is -1.12. The second-order valence-corrected chi connectivity index (χ2v) is 18.2. The molecule has 52 heavy (non-hydrogen) atoms. The van der Waals surface area contributed by atoms with Crippen LogP contribution in [-0.4, -0.2) is 6.90 Å². The molecule has 0 aliphatic carbocycles. The Kier molecular flexibility index (Phi) is 24.8. The predicted molar refractivity (Wildman–Crippen MR) is 203 cm³/mol. The van der Waals surface area contributed by atoms with Gasteiger partial charge in [-0.25, -0.2) is 0 Å². The van der Waals surface area contributed by atoms with Crippen molar-refractivity contribution in [2.45, 2.75) is 12.3 Å². The van der Waals surface area contributed by atoms with Crippen LogP contribution in [0, 0.1) is 33.3 Å². The van der Waals surface area contributed by atoms with Gasteiger partial charge in [0, 0.05) is 0 Å². The molecule has 0 aromatic heterocycles. The van der Waals surface area contributed by atoms with E-state index in [1.165, 1.54) is 42.7 Å². The molecule has 0 aliphatic heterocycles. The molecule has 0 aliphatic rings. The molecule has 9 heteroatoms. The number of hydrogen-bond acceptors (Lipinski definition) is 0. The number of hydrogen-bond donors (Lipinski definition) is 0. The number of benzene rings is 6. The van der Waals surface area contributed by atoms with E-state index >= 15 is 0 Å². The van der Waals surface area contributed by atoms with Gasteiger partial charge in [-0.1, -0.05) is 0 Å². The van der Waals surface area contributed by atoms with Gasteiger partial charge in [0.1, 0.15) is 0 Å². The molecule has 0 radical (unpaired) electrons. The Hall–Kier alpha value is -4.37. The van der Waals surface area contributed by atoms with Crippen LogP contribution >= 0.6 is 15.8 Å². The van der Waals surface area contributed by atoms with Crippen molar-refractivity contribution in [3.8, 4) is 0 Å². The summed E-state index contributed by atoms with van der Waals surface area (Å²) < 4.78 is 37.5. The van der Waals surface area contributed by atoms with Gasteiger partial charge in [0.2, 0.25) is 0 Å². The fraction of sp³-hybridized carbons (Fsp3) is 0.0465. The third-order valence-electron chi connectivity index (χ3n) is 7.45. The first-order valence-corrected chi connectivity index (χ1v) is 21.6. The summed E-state index contributed by atoms with van der Waals surface area (Å²) in [5.74, 6) is 0. The summed E-state index contributed by atoms with van der Waals surface area (Å²) in [7, 11) is -1.03. The molecule has 0 bridgehead atoms. The van der Waals surface area contributed by atoms with Crippen LogP contribution in [0.4, 0.5) is 0 Å². The molecule has 0 fully saturated rings. The van der Waals surface area contributed by atoms with Crippen molar-refractivity contribution >= 4 is 54.3 Å². The third-order valence-corrected chi connectivity index (χ3v) is 16.5. The molecule has 0 atom stereocenters. The van der Waals surface area contributed by atoms with Crippen molar-refractivity contribution < 1.29 is 38.4 Å². The average Bonchev–Trinajstić information content (AvgIpc) is 3.27. The van der Waals surface area contributed by atoms with Crippen LogP contribution in [0.2, 0.25) is 0 Å². The van der Waals surface area contributed by atoms with Crippen molar-refractivity contribution in [1.82, 2.24) is 0 Å². The van der Waals surface area contributed by atoms with Gasteiger partial charge in [0.15, 0.2) is 0 Å². The van der Waals surface area contributed by atoms with Crippen LogP contribution in [0.5, 0.6) is 0 Å². The van der Waals surface area contributed by atoms with Gasteiger partial charge in [0.25, 0.3) is 0 Å². The van der Waals surface area contributed by atoms with Crippen molar-refractivity contribution in [2.75, 3.05) is 0 Å². The van der Waals surface area contributed by atoms with Gasteiger partial charge in [-0.05, 0) is 0 Å². The van der Waals surface area contributed by atoms with Gasteiger partial charge in [-0.3, -0.25) is 0 Å². The maximum atomic E-state index is 7.50. The molecule has 0 amide bonds. The van der Waals surface area contributed by atoms with Crippen LogP contribution in [0.25, 0.3) is 0 Å². The molecular formula is C43H32CrO5P2Si. The van der Waals surface area contributed by atoms with Crippen molar-refractivity contribution in [3.05, 3.63) is 214 Å². The van der Waals surface area contributed by atoms with E-state index in [2.05, 4.69) is 218 Å². The van der Waals surface area contributed by atoms with Gasteiger partial charge < -0.3 is 0 Å². The van der Waals surface area contributed by atoms with Gasteiger partial charge in [-0.15, -0.1) is 0 Å². The standard InChI is InChI=1S/C38H32P2Si.5CO.Cr/c1-5-19-33(20-6-1)39(34-21-7-2-8-22-34)29-31-17-13-15-27-37(31)41-38-28-16-14-18-32(38)30-40(35-23-9-3-10-24-35)36-25-11-4-12-26-36;5*1-2;/h1-28H,29-30H2;;;;;;. The molecule has 0 spiro atoms. The Morgan fingerprint density at radius 1 is 0.346 bits per heavy atom. The molecule has 0 unspecified atom stereocenters. The van der Waals surface area contributed by atoms with Crippen LogP contribution in [0.3, 0.4) is 0 Å². The van der Waals surface area contributed by atoms with Gasteiger partial charge in [0.05, 0.1) is 0 Å². The van der Waals surface area contributed by atoms with Crippen LogP contribution in [-0.2, 0) is 50.7 Å². The average molecular weight is 771 g/mol. The van der Waals surface area contributed by atoms with E-state index in [-0.39, 0.29) is 0 Å². The normalized spacial score (nSPS) is 9.15. The van der Waals surface area contributed by atoms with E-state index in [0.29, 0.717) is 0 Å².